The van der Waals surface area contributed by atoms with Gasteiger partial charge in [-0.2, -0.15) is 0 Å². The van der Waals surface area contributed by atoms with Crippen molar-refractivity contribution in [3.05, 3.63) is 120 Å². The van der Waals surface area contributed by atoms with Gasteiger partial charge >= 0.3 is 0 Å². The van der Waals surface area contributed by atoms with Crippen molar-refractivity contribution >= 4 is 0 Å². The van der Waals surface area contributed by atoms with Crippen LogP contribution in [-0.4, -0.2) is 0 Å². The maximum Gasteiger partial charge on any atom is 0.00614 e. The zero-order valence-electron chi connectivity index (χ0n) is 16.6. The van der Waals surface area contributed by atoms with E-state index >= 15 is 0 Å². The summed E-state index contributed by atoms with van der Waals surface area (Å²) in [5.74, 6) is 0.345. The first kappa shape index (κ1) is 18.3. The Kier molecular flexibility index (Phi) is 5.39. The molecule has 1 unspecified atom stereocenters. The first-order valence-electron chi connectivity index (χ1n) is 10.1. The molecule has 0 aliphatic heterocycles. The van der Waals surface area contributed by atoms with Crippen molar-refractivity contribution < 1.29 is 0 Å². The van der Waals surface area contributed by atoms with Crippen LogP contribution in [0.25, 0.3) is 22.3 Å². The minimum Gasteiger partial charge on any atom is -0.0622 e. The Morgan fingerprint density at radius 2 is 1.14 bits per heavy atom. The highest BCUT2D eigenvalue weighted by molar-refractivity contribution is 5.69. The van der Waals surface area contributed by atoms with Gasteiger partial charge in [-0.1, -0.05) is 117 Å². The van der Waals surface area contributed by atoms with Crippen molar-refractivity contribution in [1.29, 1.82) is 0 Å². The standard InChI is InChI=1S/C28H26/c1-3-22-11-7-8-18-28(22)27-17-10-15-25(20-27)21(2)24-14-9-16-26(19-24)23-12-5-4-6-13-23/h4-21H,3H2,1-2H3. The summed E-state index contributed by atoms with van der Waals surface area (Å²) in [5, 5.41) is 0. The minimum absolute atomic E-state index is 0.345. The molecule has 0 fully saturated rings. The largest absolute Gasteiger partial charge is 0.0622 e. The third kappa shape index (κ3) is 3.77. The van der Waals surface area contributed by atoms with Crippen molar-refractivity contribution in [2.24, 2.45) is 0 Å². The molecule has 0 heteroatoms. The van der Waals surface area contributed by atoms with Crippen LogP contribution < -0.4 is 0 Å². The molecule has 1 atom stereocenters. The van der Waals surface area contributed by atoms with E-state index in [9.17, 15) is 0 Å². The predicted octanol–water partition coefficient (Wildman–Crippen LogP) is 7.73. The predicted molar refractivity (Wildman–Crippen MR) is 121 cm³/mol. The van der Waals surface area contributed by atoms with Crippen LogP contribution in [0.15, 0.2) is 103 Å². The van der Waals surface area contributed by atoms with Crippen molar-refractivity contribution in [2.75, 3.05) is 0 Å². The fraction of sp³-hybridized carbons (Fsp3) is 0.143. The average molecular weight is 363 g/mol. The van der Waals surface area contributed by atoms with E-state index in [1.807, 2.05) is 0 Å². The van der Waals surface area contributed by atoms with Crippen molar-refractivity contribution in [1.82, 2.24) is 0 Å². The molecule has 0 heterocycles. The third-order valence-electron chi connectivity index (χ3n) is 5.59. The van der Waals surface area contributed by atoms with Gasteiger partial charge in [0, 0.05) is 5.92 Å². The molecule has 0 bridgehead atoms. The highest BCUT2D eigenvalue weighted by atomic mass is 14.2. The lowest BCUT2D eigenvalue weighted by atomic mass is 9.88. The monoisotopic (exact) mass is 362 g/mol. The fourth-order valence-corrected chi connectivity index (χ4v) is 3.90. The van der Waals surface area contributed by atoms with Crippen LogP contribution in [0, 0.1) is 0 Å². The summed E-state index contributed by atoms with van der Waals surface area (Å²) in [6.45, 7) is 4.52. The Bertz CT molecular complexity index is 1060. The Morgan fingerprint density at radius 3 is 1.86 bits per heavy atom. The first-order chi connectivity index (χ1) is 13.8. The number of aryl methyl sites for hydroxylation is 1. The zero-order valence-corrected chi connectivity index (χ0v) is 16.6. The number of hydrogen-bond acceptors (Lipinski definition) is 0. The van der Waals surface area contributed by atoms with Crippen molar-refractivity contribution in [3.63, 3.8) is 0 Å². The van der Waals surface area contributed by atoms with E-state index in [-0.39, 0.29) is 0 Å². The summed E-state index contributed by atoms with van der Waals surface area (Å²) >= 11 is 0. The maximum atomic E-state index is 2.36. The first-order valence-corrected chi connectivity index (χ1v) is 10.1. The van der Waals surface area contributed by atoms with Crippen LogP contribution >= 0.6 is 0 Å². The van der Waals surface area contributed by atoms with E-state index < -0.39 is 0 Å². The van der Waals surface area contributed by atoms with Crippen LogP contribution in [0.1, 0.15) is 36.5 Å². The molecule has 0 saturated carbocycles. The van der Waals surface area contributed by atoms with Crippen LogP contribution in [0.3, 0.4) is 0 Å². The number of hydrogen-bond donors (Lipinski definition) is 0. The second-order valence-electron chi connectivity index (χ2n) is 7.35. The lowest BCUT2D eigenvalue weighted by molar-refractivity contribution is 0.923. The summed E-state index contributed by atoms with van der Waals surface area (Å²) in [7, 11) is 0. The summed E-state index contributed by atoms with van der Waals surface area (Å²) in [6, 6.07) is 37.3. The van der Waals surface area contributed by atoms with Crippen LogP contribution in [0.2, 0.25) is 0 Å². The van der Waals surface area contributed by atoms with Gasteiger partial charge in [-0.25, -0.2) is 0 Å². The minimum atomic E-state index is 0.345. The van der Waals surface area contributed by atoms with E-state index in [0.29, 0.717) is 5.92 Å². The molecule has 0 radical (unpaired) electrons. The molecule has 4 rings (SSSR count). The SMILES string of the molecule is CCc1ccccc1-c1cccc(C(C)c2cccc(-c3ccccc3)c2)c1. The smallest absolute Gasteiger partial charge is 0.00614 e. The molecular formula is C28H26. The lowest BCUT2D eigenvalue weighted by Crippen LogP contribution is -1.97. The Hall–Kier alpha value is -3.12. The number of benzene rings is 4. The fourth-order valence-electron chi connectivity index (χ4n) is 3.90. The molecule has 28 heavy (non-hydrogen) atoms. The maximum absolute atomic E-state index is 2.36. The molecule has 0 spiro atoms. The third-order valence-corrected chi connectivity index (χ3v) is 5.59. The molecular weight excluding hydrogens is 336 g/mol. The summed E-state index contributed by atoms with van der Waals surface area (Å²) in [6.07, 6.45) is 1.05. The Balaban J connectivity index is 1.69. The van der Waals surface area contributed by atoms with E-state index in [1.165, 1.54) is 38.9 Å². The summed E-state index contributed by atoms with van der Waals surface area (Å²) in [5.41, 5.74) is 9.30. The van der Waals surface area contributed by atoms with Crippen LogP contribution in [0.5, 0.6) is 0 Å². The van der Waals surface area contributed by atoms with Gasteiger partial charge in [-0.3, -0.25) is 0 Å². The summed E-state index contributed by atoms with van der Waals surface area (Å²) < 4.78 is 0. The highest BCUT2D eigenvalue weighted by Gasteiger charge is 2.11. The second-order valence-corrected chi connectivity index (χ2v) is 7.35. The van der Waals surface area contributed by atoms with Crippen LogP contribution in [0.4, 0.5) is 0 Å². The normalized spacial score (nSPS) is 11.9. The molecule has 0 aliphatic rings. The van der Waals surface area contributed by atoms with Gasteiger partial charge < -0.3 is 0 Å². The number of rotatable bonds is 5. The van der Waals surface area contributed by atoms with E-state index in [1.54, 1.807) is 0 Å². The molecule has 0 aliphatic carbocycles. The average Bonchev–Trinajstić information content (AvgIpc) is 2.79. The van der Waals surface area contributed by atoms with E-state index in [2.05, 4.69) is 117 Å². The molecule has 0 N–H and O–H groups in total. The van der Waals surface area contributed by atoms with Gasteiger partial charge in [0.15, 0.2) is 0 Å². The van der Waals surface area contributed by atoms with E-state index in [0.717, 1.165) is 6.42 Å². The molecule has 0 aromatic heterocycles. The topological polar surface area (TPSA) is 0 Å². The molecule has 138 valence electrons. The van der Waals surface area contributed by atoms with Gasteiger partial charge in [0.1, 0.15) is 0 Å². The quantitative estimate of drug-likeness (QED) is 0.341. The molecule has 0 saturated heterocycles. The van der Waals surface area contributed by atoms with Gasteiger partial charge in [0.25, 0.3) is 0 Å². The lowest BCUT2D eigenvalue weighted by Gasteiger charge is -2.16. The zero-order chi connectivity index (χ0) is 19.3. The molecule has 4 aromatic rings. The van der Waals surface area contributed by atoms with Crippen LogP contribution in [-0.2, 0) is 6.42 Å². The van der Waals surface area contributed by atoms with Gasteiger partial charge in [-0.15, -0.1) is 0 Å². The Labute approximate surface area is 168 Å². The van der Waals surface area contributed by atoms with Crippen molar-refractivity contribution in [2.45, 2.75) is 26.2 Å². The van der Waals surface area contributed by atoms with Gasteiger partial charge in [-0.05, 0) is 45.4 Å². The highest BCUT2D eigenvalue weighted by Crippen LogP contribution is 2.32. The van der Waals surface area contributed by atoms with E-state index in [4.69, 9.17) is 0 Å². The Morgan fingerprint density at radius 1 is 0.571 bits per heavy atom. The van der Waals surface area contributed by atoms with Gasteiger partial charge in [0.2, 0.25) is 0 Å². The second kappa shape index (κ2) is 8.27. The van der Waals surface area contributed by atoms with Gasteiger partial charge in [0.05, 0.1) is 0 Å². The molecule has 0 amide bonds. The molecule has 0 nitrogen and oxygen atoms in total. The molecule has 4 aromatic carbocycles. The summed E-state index contributed by atoms with van der Waals surface area (Å²) in [4.78, 5) is 0. The van der Waals surface area contributed by atoms with Crippen molar-refractivity contribution in [3.8, 4) is 22.3 Å².